The lowest BCUT2D eigenvalue weighted by Gasteiger charge is -1.99. The van der Waals surface area contributed by atoms with Gasteiger partial charge in [-0.25, -0.2) is 0 Å². The first-order valence-corrected chi connectivity index (χ1v) is 5.88. The van der Waals surface area contributed by atoms with Gasteiger partial charge in [0, 0.05) is 0 Å². The first-order chi connectivity index (χ1) is 7.15. The fourth-order valence-electron chi connectivity index (χ4n) is 0.777. The molecule has 0 aliphatic carbocycles. The molecule has 0 spiro atoms. The third kappa shape index (κ3) is 3.48. The summed E-state index contributed by atoms with van der Waals surface area (Å²) in [4.78, 5) is 24.5. The number of nitrogens with zero attached hydrogens (tertiary/aromatic N) is 2. The normalized spacial score (nSPS) is 9.93. The average Bonchev–Trinajstić information content (AvgIpc) is 2.63. The van der Waals surface area contributed by atoms with Gasteiger partial charge in [0.2, 0.25) is 0 Å². The molecule has 0 saturated heterocycles. The topological polar surface area (TPSA) is 82.3 Å². The van der Waals surface area contributed by atoms with Crippen molar-refractivity contribution in [1.82, 2.24) is 4.98 Å². The molecule has 1 aromatic heterocycles. The molecule has 0 fully saturated rings. The van der Waals surface area contributed by atoms with Crippen LogP contribution in [0, 0.1) is 10.1 Å². The van der Waals surface area contributed by atoms with Crippen molar-refractivity contribution in [3.63, 3.8) is 0 Å². The monoisotopic (exact) mass is 248 g/mol. The number of thiazole rings is 1. The Morgan fingerprint density at radius 3 is 3.13 bits per heavy atom. The highest BCUT2D eigenvalue weighted by Crippen LogP contribution is 2.31. The second-order valence-corrected chi connectivity index (χ2v) is 4.41. The highest BCUT2D eigenvalue weighted by molar-refractivity contribution is 8.01. The lowest BCUT2D eigenvalue weighted by Crippen LogP contribution is -2.06. The van der Waals surface area contributed by atoms with E-state index in [0.717, 1.165) is 23.1 Å². The van der Waals surface area contributed by atoms with Crippen LogP contribution in [0.1, 0.15) is 6.92 Å². The van der Waals surface area contributed by atoms with Gasteiger partial charge >= 0.3 is 11.8 Å². The lowest BCUT2D eigenvalue weighted by molar-refractivity contribution is -0.391. The van der Waals surface area contributed by atoms with E-state index in [9.17, 15) is 14.9 Å². The molecule has 15 heavy (non-hydrogen) atoms. The highest BCUT2D eigenvalue weighted by Gasteiger charge is 2.18. The molecule has 0 radical (unpaired) electrons. The molecule has 0 bridgehead atoms. The number of hydrogen-bond donors (Lipinski definition) is 0. The zero-order valence-electron chi connectivity index (χ0n) is 7.84. The predicted molar refractivity (Wildman–Crippen MR) is 56.1 cm³/mol. The van der Waals surface area contributed by atoms with Crippen LogP contribution in [0.2, 0.25) is 0 Å². The van der Waals surface area contributed by atoms with Crippen molar-refractivity contribution in [3.05, 3.63) is 15.6 Å². The third-order valence-electron chi connectivity index (χ3n) is 1.32. The summed E-state index contributed by atoms with van der Waals surface area (Å²) in [6.45, 7) is 2.02. The number of ether oxygens (including phenoxy) is 1. The van der Waals surface area contributed by atoms with E-state index in [4.69, 9.17) is 4.74 Å². The second-order valence-electron chi connectivity index (χ2n) is 2.31. The van der Waals surface area contributed by atoms with Crippen molar-refractivity contribution in [3.8, 4) is 0 Å². The van der Waals surface area contributed by atoms with E-state index in [1.807, 2.05) is 0 Å². The lowest BCUT2D eigenvalue weighted by atomic mass is 10.8. The van der Waals surface area contributed by atoms with Crippen LogP contribution in [0.25, 0.3) is 0 Å². The molecule has 0 saturated carbocycles. The van der Waals surface area contributed by atoms with Gasteiger partial charge in [-0.1, -0.05) is 23.1 Å². The zero-order valence-corrected chi connectivity index (χ0v) is 9.47. The maximum absolute atomic E-state index is 11.0. The number of thioether (sulfide) groups is 1. The number of aromatic nitrogens is 1. The van der Waals surface area contributed by atoms with Crippen LogP contribution in [0.3, 0.4) is 0 Å². The first kappa shape index (κ1) is 11.9. The van der Waals surface area contributed by atoms with Crippen molar-refractivity contribution < 1.29 is 14.5 Å². The van der Waals surface area contributed by atoms with Gasteiger partial charge < -0.3 is 14.9 Å². The molecule has 0 amide bonds. The maximum Gasteiger partial charge on any atom is 0.388 e. The minimum atomic E-state index is -0.565. The minimum absolute atomic E-state index is 0.0663. The van der Waals surface area contributed by atoms with E-state index in [2.05, 4.69) is 4.98 Å². The van der Waals surface area contributed by atoms with Gasteiger partial charge in [0.1, 0.15) is 0 Å². The molecule has 0 N–H and O–H groups in total. The Bertz CT molecular complexity index is 366. The van der Waals surface area contributed by atoms with Crippen LogP contribution < -0.4 is 0 Å². The SMILES string of the molecule is CCOC(=O)CSc1scnc1[N+](=O)[O-]. The third-order valence-corrected chi connectivity index (χ3v) is 3.39. The summed E-state index contributed by atoms with van der Waals surface area (Å²) in [7, 11) is 0. The summed E-state index contributed by atoms with van der Waals surface area (Å²) in [5.74, 6) is -0.517. The summed E-state index contributed by atoms with van der Waals surface area (Å²) in [6, 6.07) is 0. The zero-order chi connectivity index (χ0) is 11.3. The molecular formula is C7H8N2O4S2. The molecule has 1 aromatic rings. The Labute approximate surface area is 93.8 Å². The Hall–Kier alpha value is -1.15. The average molecular weight is 248 g/mol. The summed E-state index contributed by atoms with van der Waals surface area (Å²) >= 11 is 2.21. The smallest absolute Gasteiger partial charge is 0.388 e. The van der Waals surface area contributed by atoms with E-state index < -0.39 is 4.92 Å². The van der Waals surface area contributed by atoms with Gasteiger partial charge in [-0.2, -0.15) is 0 Å². The van der Waals surface area contributed by atoms with Crippen molar-refractivity contribution in [2.75, 3.05) is 12.4 Å². The van der Waals surface area contributed by atoms with Crippen LogP contribution in [-0.4, -0.2) is 28.2 Å². The Balaban J connectivity index is 2.54. The van der Waals surface area contributed by atoms with Gasteiger partial charge in [-0.3, -0.25) is 4.79 Å². The molecule has 0 aliphatic rings. The van der Waals surface area contributed by atoms with Crippen molar-refractivity contribution >= 4 is 34.9 Å². The van der Waals surface area contributed by atoms with Gasteiger partial charge in [0.25, 0.3) is 0 Å². The van der Waals surface area contributed by atoms with Gasteiger partial charge in [-0.15, -0.1) is 0 Å². The standard InChI is InChI=1S/C7H8N2O4S2/c1-2-13-5(10)3-14-7-6(9(11)12)8-4-15-7/h4H,2-3H2,1H3. The van der Waals surface area contributed by atoms with Gasteiger partial charge in [0.15, 0.2) is 9.72 Å². The van der Waals surface area contributed by atoms with E-state index in [1.54, 1.807) is 6.92 Å². The fraction of sp³-hybridized carbons (Fsp3) is 0.429. The molecule has 0 aliphatic heterocycles. The van der Waals surface area contributed by atoms with Crippen LogP contribution in [-0.2, 0) is 9.53 Å². The molecule has 0 unspecified atom stereocenters. The highest BCUT2D eigenvalue weighted by atomic mass is 32.2. The predicted octanol–water partition coefficient (Wildman–Crippen LogP) is 1.71. The largest absolute Gasteiger partial charge is 0.465 e. The van der Waals surface area contributed by atoms with Gasteiger partial charge in [-0.05, 0) is 16.8 Å². The summed E-state index contributed by atoms with van der Waals surface area (Å²) in [6.07, 6.45) is 0. The molecule has 0 aromatic carbocycles. The van der Waals surface area contributed by atoms with E-state index in [-0.39, 0.29) is 17.5 Å². The van der Waals surface area contributed by atoms with Crippen LogP contribution >= 0.6 is 23.1 Å². The quantitative estimate of drug-likeness (QED) is 0.341. The number of hydrogen-bond acceptors (Lipinski definition) is 7. The van der Waals surface area contributed by atoms with E-state index in [0.29, 0.717) is 10.8 Å². The molecule has 6 nitrogen and oxygen atoms in total. The fourth-order valence-corrected chi connectivity index (χ4v) is 2.42. The second kappa shape index (κ2) is 5.66. The molecule has 1 heterocycles. The maximum atomic E-state index is 11.0. The molecule has 8 heteroatoms. The Morgan fingerprint density at radius 2 is 2.53 bits per heavy atom. The summed E-state index contributed by atoms with van der Waals surface area (Å²) < 4.78 is 5.12. The molecule has 1 rings (SSSR count). The number of carbonyl (C=O) groups excluding carboxylic acids is 1. The van der Waals surface area contributed by atoms with E-state index in [1.165, 1.54) is 5.51 Å². The molecular weight excluding hydrogens is 240 g/mol. The van der Waals surface area contributed by atoms with Crippen molar-refractivity contribution in [1.29, 1.82) is 0 Å². The first-order valence-electron chi connectivity index (χ1n) is 4.01. The van der Waals surface area contributed by atoms with Crippen molar-refractivity contribution in [2.45, 2.75) is 11.1 Å². The number of carbonyl (C=O) groups is 1. The number of esters is 1. The number of nitro groups is 1. The van der Waals surface area contributed by atoms with Crippen molar-refractivity contribution in [2.24, 2.45) is 0 Å². The van der Waals surface area contributed by atoms with E-state index >= 15 is 0 Å². The van der Waals surface area contributed by atoms with Crippen LogP contribution in [0.4, 0.5) is 5.82 Å². The van der Waals surface area contributed by atoms with Crippen LogP contribution in [0.5, 0.6) is 0 Å². The Morgan fingerprint density at radius 1 is 1.80 bits per heavy atom. The Kier molecular flexibility index (Phi) is 4.50. The van der Waals surface area contributed by atoms with Crippen LogP contribution in [0.15, 0.2) is 9.72 Å². The molecule has 0 atom stereocenters. The minimum Gasteiger partial charge on any atom is -0.465 e. The summed E-state index contributed by atoms with van der Waals surface area (Å²) in [5, 5.41) is 10.5. The summed E-state index contributed by atoms with van der Waals surface area (Å²) in [5.41, 5.74) is 1.38. The number of rotatable bonds is 5. The van der Waals surface area contributed by atoms with Gasteiger partial charge in [0.05, 0.1) is 12.4 Å². The molecule has 82 valence electrons.